The Kier molecular flexibility index (Phi) is 6.56. The maximum absolute atomic E-state index is 12.5. The minimum Gasteiger partial charge on any atom is -0.442 e. The van der Waals surface area contributed by atoms with Gasteiger partial charge >= 0.3 is 22.5 Å². The van der Waals surface area contributed by atoms with Gasteiger partial charge in [0, 0.05) is 19.5 Å². The number of rotatable bonds is 6. The molecule has 0 radical (unpaired) electrons. The van der Waals surface area contributed by atoms with Gasteiger partial charge in [-0.25, -0.2) is 9.59 Å². The number of ether oxygens (including phenoxy) is 1. The summed E-state index contributed by atoms with van der Waals surface area (Å²) in [6, 6.07) is -1.79. The molecule has 0 saturated carbocycles. The van der Waals surface area contributed by atoms with Gasteiger partial charge in [-0.2, -0.15) is 13.5 Å². The van der Waals surface area contributed by atoms with Crippen molar-refractivity contribution in [2.45, 2.75) is 57.7 Å². The normalized spacial score (nSPS) is 21.8. The zero-order valence-corrected chi connectivity index (χ0v) is 18.5. The Balaban J connectivity index is 1.54. The van der Waals surface area contributed by atoms with Gasteiger partial charge in [-0.1, -0.05) is 0 Å². The van der Waals surface area contributed by atoms with Gasteiger partial charge in [0.05, 0.1) is 6.04 Å². The van der Waals surface area contributed by atoms with Crippen molar-refractivity contribution in [1.82, 2.24) is 25.5 Å². The summed E-state index contributed by atoms with van der Waals surface area (Å²) in [5, 5.41) is 11.3. The van der Waals surface area contributed by atoms with Crippen molar-refractivity contribution in [3.8, 4) is 0 Å². The number of urea groups is 1. The lowest BCUT2D eigenvalue weighted by molar-refractivity contribution is -0.0317. The Morgan fingerprint density at radius 1 is 1.38 bits per heavy atom. The van der Waals surface area contributed by atoms with Crippen LogP contribution in [0.5, 0.6) is 0 Å². The summed E-state index contributed by atoms with van der Waals surface area (Å²) in [6.07, 6.45) is 0.301. The Labute approximate surface area is 183 Å². The molecule has 2 bridgehead atoms. The first-order valence-electron chi connectivity index (χ1n) is 9.72. The highest BCUT2D eigenvalue weighted by Crippen LogP contribution is 2.38. The second-order valence-corrected chi connectivity index (χ2v) is 9.20. The number of nitrogens with two attached hydrogens (primary N) is 1. The Morgan fingerprint density at radius 2 is 2.09 bits per heavy atom. The fourth-order valence-corrected chi connectivity index (χ4v) is 3.70. The summed E-state index contributed by atoms with van der Waals surface area (Å²) in [6.45, 7) is 5.55. The molecule has 3 amide bonds. The van der Waals surface area contributed by atoms with E-state index in [4.69, 9.17) is 19.4 Å². The van der Waals surface area contributed by atoms with E-state index >= 15 is 0 Å². The van der Waals surface area contributed by atoms with Crippen LogP contribution in [-0.4, -0.2) is 75.9 Å². The van der Waals surface area contributed by atoms with Crippen LogP contribution in [0.1, 0.15) is 51.4 Å². The number of aromatic nitrogens is 2. The predicted octanol–water partition coefficient (Wildman–Crippen LogP) is 0.127. The van der Waals surface area contributed by atoms with Gasteiger partial charge < -0.3 is 25.1 Å². The van der Waals surface area contributed by atoms with E-state index in [0.717, 1.165) is 0 Å². The number of guanidine groups is 1. The van der Waals surface area contributed by atoms with E-state index in [2.05, 4.69) is 24.8 Å². The van der Waals surface area contributed by atoms with Crippen molar-refractivity contribution in [2.75, 3.05) is 13.1 Å². The third-order valence-electron chi connectivity index (χ3n) is 4.52. The first-order chi connectivity index (χ1) is 14.8. The smallest absolute Gasteiger partial charge is 0.437 e. The highest BCUT2D eigenvalue weighted by molar-refractivity contribution is 7.80. The molecule has 4 N–H and O–H groups in total. The summed E-state index contributed by atoms with van der Waals surface area (Å²) in [4.78, 5) is 29.0. The molecule has 16 heteroatoms. The monoisotopic (exact) mass is 475 g/mol. The van der Waals surface area contributed by atoms with Crippen LogP contribution in [-0.2, 0) is 25.8 Å². The molecule has 1 aromatic rings. The molecule has 2 saturated heterocycles. The molecule has 3 rings (SSSR count). The van der Waals surface area contributed by atoms with Crippen molar-refractivity contribution >= 4 is 28.5 Å². The van der Waals surface area contributed by atoms with Crippen LogP contribution in [0.2, 0.25) is 0 Å². The molecular weight excluding hydrogens is 450 g/mol. The largest absolute Gasteiger partial charge is 0.442 e. The first-order valence-corrected chi connectivity index (χ1v) is 11.1. The molecule has 0 aromatic carbocycles. The number of aliphatic imine (C=N–C) groups is 1. The van der Waals surface area contributed by atoms with Gasteiger partial charge in [-0.3, -0.25) is 4.55 Å². The maximum atomic E-state index is 12.5. The summed E-state index contributed by atoms with van der Waals surface area (Å²) in [5.41, 5.74) is 4.95. The van der Waals surface area contributed by atoms with E-state index in [0.29, 0.717) is 17.9 Å². The molecule has 0 unspecified atom stereocenters. The van der Waals surface area contributed by atoms with Crippen LogP contribution in [0.4, 0.5) is 9.59 Å². The third kappa shape index (κ3) is 6.04. The molecule has 0 aliphatic carbocycles. The van der Waals surface area contributed by atoms with Gasteiger partial charge in [-0.15, -0.1) is 19.5 Å². The second-order valence-electron chi connectivity index (χ2n) is 8.20. The van der Waals surface area contributed by atoms with Crippen LogP contribution in [0.3, 0.4) is 0 Å². The van der Waals surface area contributed by atoms with Crippen molar-refractivity contribution < 1.29 is 36.0 Å². The molecule has 178 valence electrons. The number of fused-ring (bicyclic) bond motifs is 2. The number of carbonyl (C=O) groups is 2. The fourth-order valence-electron chi connectivity index (χ4n) is 3.31. The Morgan fingerprint density at radius 3 is 2.75 bits per heavy atom. The van der Waals surface area contributed by atoms with Crippen LogP contribution < -0.4 is 11.1 Å². The maximum Gasteiger partial charge on any atom is 0.437 e. The lowest BCUT2D eigenvalue weighted by Gasteiger charge is -2.27. The van der Waals surface area contributed by atoms with E-state index in [-0.39, 0.29) is 37.3 Å². The van der Waals surface area contributed by atoms with E-state index < -0.39 is 40.2 Å². The topological polar surface area (TPSA) is 203 Å². The molecule has 32 heavy (non-hydrogen) atoms. The average molecular weight is 475 g/mol. The van der Waals surface area contributed by atoms with Gasteiger partial charge in [0.15, 0.2) is 5.96 Å². The zero-order valence-electron chi connectivity index (χ0n) is 17.7. The lowest BCUT2D eigenvalue weighted by atomic mass is 10.0. The Bertz CT molecular complexity index is 1000. The standard InChI is InChI=1S/C16H25N7O8S/c1-16(2,3)30-14(24)19-13(17)18-7-6-11-20-21-12(29-11)10-5-4-9-8-22(10)15(25)23(9)31-32(26,27)28/h9-10H,4-8H2,1-3H3,(H,26,27,28)(H3,17,18,19,24)/t9-,10+/m1/s1. The average Bonchev–Trinajstić information content (AvgIpc) is 3.19. The second kappa shape index (κ2) is 8.87. The predicted molar refractivity (Wildman–Crippen MR) is 106 cm³/mol. The quantitative estimate of drug-likeness (QED) is 0.285. The number of hydrogen-bond acceptors (Lipinski definition) is 9. The highest BCUT2D eigenvalue weighted by atomic mass is 32.3. The summed E-state index contributed by atoms with van der Waals surface area (Å²) in [7, 11) is -4.82. The van der Waals surface area contributed by atoms with E-state index in [1.165, 1.54) is 4.90 Å². The number of hydrogen-bond donors (Lipinski definition) is 3. The van der Waals surface area contributed by atoms with Crippen molar-refractivity contribution in [1.29, 1.82) is 0 Å². The molecule has 2 fully saturated rings. The SMILES string of the molecule is CC(C)(C)OC(=O)/N=C(\N)NCCc1nnc([C@@H]2CC[C@@H]3CN2C(=O)N3OS(=O)(=O)O)o1. The number of hydroxylamine groups is 2. The summed E-state index contributed by atoms with van der Waals surface area (Å²) >= 11 is 0. The van der Waals surface area contributed by atoms with E-state index in [1.807, 2.05) is 0 Å². The minimum absolute atomic E-state index is 0.126. The van der Waals surface area contributed by atoms with Crippen molar-refractivity contribution in [3.05, 3.63) is 11.8 Å². The van der Waals surface area contributed by atoms with Crippen molar-refractivity contribution in [2.24, 2.45) is 10.7 Å². The van der Waals surface area contributed by atoms with Crippen LogP contribution >= 0.6 is 0 Å². The number of nitrogens with zero attached hydrogens (tertiary/aromatic N) is 5. The number of piperidine rings is 1. The molecule has 2 aliphatic rings. The van der Waals surface area contributed by atoms with Gasteiger partial charge in [0.1, 0.15) is 11.6 Å². The number of amides is 3. The first kappa shape index (κ1) is 23.7. The lowest BCUT2D eigenvalue weighted by Crippen LogP contribution is -2.35. The van der Waals surface area contributed by atoms with Crippen LogP contribution in [0, 0.1) is 0 Å². The Hall–Kier alpha value is -2.98. The van der Waals surface area contributed by atoms with Crippen LogP contribution in [0.15, 0.2) is 9.41 Å². The van der Waals surface area contributed by atoms with Gasteiger partial charge in [-0.05, 0) is 33.6 Å². The van der Waals surface area contributed by atoms with Gasteiger partial charge in [0.25, 0.3) is 0 Å². The molecule has 0 spiro atoms. The summed E-state index contributed by atoms with van der Waals surface area (Å²) < 4.78 is 45.9. The molecule has 1 aromatic heterocycles. The summed E-state index contributed by atoms with van der Waals surface area (Å²) in [5.74, 6) is 0.326. The van der Waals surface area contributed by atoms with Crippen molar-refractivity contribution in [3.63, 3.8) is 0 Å². The molecule has 3 heterocycles. The third-order valence-corrected chi connectivity index (χ3v) is 4.86. The number of carbonyl (C=O) groups excluding carboxylic acids is 2. The fraction of sp³-hybridized carbons (Fsp3) is 0.688. The molecule has 2 atom stereocenters. The highest BCUT2D eigenvalue weighted by Gasteiger charge is 2.49. The van der Waals surface area contributed by atoms with E-state index in [9.17, 15) is 18.0 Å². The molecular formula is C16H25N7O8S. The molecule has 15 nitrogen and oxygen atoms in total. The minimum atomic E-state index is -4.82. The number of nitrogens with one attached hydrogen (secondary N) is 1. The molecule has 2 aliphatic heterocycles. The van der Waals surface area contributed by atoms with E-state index in [1.54, 1.807) is 20.8 Å². The van der Waals surface area contributed by atoms with Gasteiger partial charge in [0.2, 0.25) is 11.8 Å². The van der Waals surface area contributed by atoms with Crippen LogP contribution in [0.25, 0.3) is 0 Å². The zero-order chi connectivity index (χ0) is 23.7.